The topological polar surface area (TPSA) is 32.3 Å². The molecule has 1 heterocycles. The Morgan fingerprint density at radius 3 is 2.93 bits per heavy atom. The number of carbonyl (C=O) groups is 1. The second-order valence-electron chi connectivity index (χ2n) is 4.22. The Balaban J connectivity index is 2.19. The number of rotatable bonds is 3. The number of carbonyl (C=O) groups excluding carboxylic acids is 1. The van der Waals surface area contributed by atoms with E-state index in [1.807, 2.05) is 12.1 Å². The molecule has 0 fully saturated rings. The molecule has 3 nitrogen and oxygen atoms in total. The summed E-state index contributed by atoms with van der Waals surface area (Å²) in [5, 5.41) is 2.87. The Kier molecular flexibility index (Phi) is 2.73. The molecule has 0 aromatic heterocycles. The van der Waals surface area contributed by atoms with Gasteiger partial charge in [-0.15, -0.1) is 0 Å². The molecule has 0 unspecified atom stereocenters. The van der Waals surface area contributed by atoms with E-state index < -0.39 is 0 Å². The summed E-state index contributed by atoms with van der Waals surface area (Å²) in [5.74, 6) is 0.113. The van der Waals surface area contributed by atoms with E-state index in [-0.39, 0.29) is 5.91 Å². The van der Waals surface area contributed by atoms with Crippen LogP contribution in [0.25, 0.3) is 0 Å². The van der Waals surface area contributed by atoms with Gasteiger partial charge in [0.2, 0.25) is 5.91 Å². The van der Waals surface area contributed by atoms with E-state index >= 15 is 0 Å². The van der Waals surface area contributed by atoms with Gasteiger partial charge in [-0.3, -0.25) is 4.79 Å². The molecule has 0 atom stereocenters. The van der Waals surface area contributed by atoms with Crippen molar-refractivity contribution in [2.24, 2.45) is 0 Å². The smallest absolute Gasteiger partial charge is 0.228 e. The van der Waals surface area contributed by atoms with Crippen molar-refractivity contribution in [3.05, 3.63) is 29.3 Å². The highest BCUT2D eigenvalue weighted by molar-refractivity contribution is 5.99. The van der Waals surface area contributed by atoms with Gasteiger partial charge in [0.25, 0.3) is 0 Å². The predicted molar refractivity (Wildman–Crippen MR) is 61.0 cm³/mol. The fourth-order valence-electron chi connectivity index (χ4n) is 1.89. The number of hydrogen-bond acceptors (Lipinski definition) is 2. The van der Waals surface area contributed by atoms with Crippen molar-refractivity contribution in [3.8, 4) is 0 Å². The van der Waals surface area contributed by atoms with Crippen molar-refractivity contribution in [1.82, 2.24) is 4.90 Å². The molecule has 1 aliphatic heterocycles. The normalized spacial score (nSPS) is 14.2. The van der Waals surface area contributed by atoms with Gasteiger partial charge in [0, 0.05) is 12.2 Å². The lowest BCUT2D eigenvalue weighted by atomic mass is 10.0. The van der Waals surface area contributed by atoms with Gasteiger partial charge in [-0.2, -0.15) is 0 Å². The van der Waals surface area contributed by atoms with Gasteiger partial charge in [-0.1, -0.05) is 12.1 Å². The van der Waals surface area contributed by atoms with Crippen LogP contribution >= 0.6 is 0 Å². The third-order valence-electron chi connectivity index (χ3n) is 2.71. The maximum Gasteiger partial charge on any atom is 0.228 e. The molecule has 3 heteroatoms. The second-order valence-corrected chi connectivity index (χ2v) is 4.22. The van der Waals surface area contributed by atoms with Crippen molar-refractivity contribution in [3.63, 3.8) is 0 Å². The summed E-state index contributed by atoms with van der Waals surface area (Å²) >= 11 is 0. The summed E-state index contributed by atoms with van der Waals surface area (Å²) in [6.45, 7) is 1.02. The zero-order valence-corrected chi connectivity index (χ0v) is 9.21. The van der Waals surface area contributed by atoms with E-state index in [1.165, 1.54) is 11.1 Å². The van der Waals surface area contributed by atoms with Gasteiger partial charge in [0.05, 0.1) is 6.42 Å². The molecule has 0 aliphatic carbocycles. The maximum atomic E-state index is 11.3. The van der Waals surface area contributed by atoms with Crippen LogP contribution in [0.2, 0.25) is 0 Å². The molecule has 0 bridgehead atoms. The molecule has 0 saturated heterocycles. The van der Waals surface area contributed by atoms with Crippen LogP contribution in [-0.4, -0.2) is 31.4 Å². The number of likely N-dealkylation sites (N-methyl/N-ethyl adjacent to an activating group) is 1. The average Bonchev–Trinajstić information content (AvgIpc) is 2.55. The molecule has 2 rings (SSSR count). The van der Waals surface area contributed by atoms with Gasteiger partial charge in [-0.25, -0.2) is 0 Å². The summed E-state index contributed by atoms with van der Waals surface area (Å²) in [6.07, 6.45) is 1.55. The zero-order valence-electron chi connectivity index (χ0n) is 9.21. The molecule has 1 amide bonds. The first kappa shape index (κ1) is 10.2. The Morgan fingerprint density at radius 2 is 2.20 bits per heavy atom. The number of nitrogens with one attached hydrogen (secondary N) is 1. The van der Waals surface area contributed by atoms with Crippen LogP contribution in [0.5, 0.6) is 0 Å². The first-order valence-corrected chi connectivity index (χ1v) is 5.22. The molecular formula is C12H16N2O. The quantitative estimate of drug-likeness (QED) is 0.804. The standard InChI is InChI=1S/C12H16N2O/c1-14(2)7-6-9-4-3-5-11-10(9)8-12(15)13-11/h3-5H,6-8H2,1-2H3,(H,13,15). The lowest BCUT2D eigenvalue weighted by Gasteiger charge is -2.11. The molecule has 0 radical (unpaired) electrons. The van der Waals surface area contributed by atoms with Gasteiger partial charge in [0.15, 0.2) is 0 Å². The summed E-state index contributed by atoms with van der Waals surface area (Å²) in [4.78, 5) is 13.4. The fourth-order valence-corrected chi connectivity index (χ4v) is 1.89. The molecule has 80 valence electrons. The maximum absolute atomic E-state index is 11.3. The van der Waals surface area contributed by atoms with Crippen molar-refractivity contribution in [1.29, 1.82) is 0 Å². The number of hydrogen-bond donors (Lipinski definition) is 1. The Bertz CT molecular complexity index is 385. The van der Waals surface area contributed by atoms with Crippen LogP contribution in [0.4, 0.5) is 5.69 Å². The van der Waals surface area contributed by atoms with Crippen molar-refractivity contribution in [2.75, 3.05) is 26.0 Å². The lowest BCUT2D eigenvalue weighted by Crippen LogP contribution is -2.15. The number of fused-ring (bicyclic) bond motifs is 1. The van der Waals surface area contributed by atoms with E-state index in [9.17, 15) is 4.79 Å². The lowest BCUT2D eigenvalue weighted by molar-refractivity contribution is -0.115. The number of benzene rings is 1. The van der Waals surface area contributed by atoms with E-state index in [1.54, 1.807) is 0 Å². The monoisotopic (exact) mass is 204 g/mol. The van der Waals surface area contributed by atoms with E-state index in [0.29, 0.717) is 6.42 Å². The molecule has 0 saturated carbocycles. The molecule has 1 aromatic carbocycles. The van der Waals surface area contributed by atoms with Crippen LogP contribution < -0.4 is 5.32 Å². The van der Waals surface area contributed by atoms with E-state index in [4.69, 9.17) is 0 Å². The first-order chi connectivity index (χ1) is 7.16. The first-order valence-electron chi connectivity index (χ1n) is 5.22. The summed E-state index contributed by atoms with van der Waals surface area (Å²) in [5.41, 5.74) is 3.47. The SMILES string of the molecule is CN(C)CCc1cccc2c1CC(=O)N2. The van der Waals surface area contributed by atoms with Crippen molar-refractivity contribution in [2.45, 2.75) is 12.8 Å². The Labute approximate surface area is 90.1 Å². The molecule has 1 N–H and O–H groups in total. The molecule has 1 aromatic rings. The van der Waals surface area contributed by atoms with E-state index in [0.717, 1.165) is 18.7 Å². The second kappa shape index (κ2) is 4.03. The molecule has 15 heavy (non-hydrogen) atoms. The summed E-state index contributed by atoms with van der Waals surface area (Å²) in [7, 11) is 4.12. The summed E-state index contributed by atoms with van der Waals surface area (Å²) in [6, 6.07) is 6.09. The average molecular weight is 204 g/mol. The van der Waals surface area contributed by atoms with Gasteiger partial charge in [0.1, 0.15) is 0 Å². The molecular weight excluding hydrogens is 188 g/mol. The number of nitrogens with zero attached hydrogens (tertiary/aromatic N) is 1. The van der Waals surface area contributed by atoms with Gasteiger partial charge < -0.3 is 10.2 Å². The van der Waals surface area contributed by atoms with Crippen LogP contribution in [0.1, 0.15) is 11.1 Å². The molecule has 0 spiro atoms. The third-order valence-corrected chi connectivity index (χ3v) is 2.71. The number of amides is 1. The Morgan fingerprint density at radius 1 is 1.40 bits per heavy atom. The van der Waals surface area contributed by atoms with Crippen LogP contribution in [0.3, 0.4) is 0 Å². The van der Waals surface area contributed by atoms with Crippen LogP contribution in [-0.2, 0) is 17.6 Å². The minimum Gasteiger partial charge on any atom is -0.326 e. The minimum absolute atomic E-state index is 0.113. The van der Waals surface area contributed by atoms with Crippen LogP contribution in [0.15, 0.2) is 18.2 Å². The highest BCUT2D eigenvalue weighted by Crippen LogP contribution is 2.26. The predicted octanol–water partition coefficient (Wildman–Crippen LogP) is 1.29. The zero-order chi connectivity index (χ0) is 10.8. The third kappa shape index (κ3) is 2.18. The highest BCUT2D eigenvalue weighted by Gasteiger charge is 2.19. The number of anilines is 1. The largest absolute Gasteiger partial charge is 0.326 e. The van der Waals surface area contributed by atoms with Crippen molar-refractivity contribution >= 4 is 11.6 Å². The summed E-state index contributed by atoms with van der Waals surface area (Å²) < 4.78 is 0. The fraction of sp³-hybridized carbons (Fsp3) is 0.417. The highest BCUT2D eigenvalue weighted by atomic mass is 16.1. The van der Waals surface area contributed by atoms with Gasteiger partial charge >= 0.3 is 0 Å². The van der Waals surface area contributed by atoms with Crippen LogP contribution in [0, 0.1) is 0 Å². The van der Waals surface area contributed by atoms with Gasteiger partial charge in [-0.05, 0) is 37.7 Å². The van der Waals surface area contributed by atoms with Crippen molar-refractivity contribution < 1.29 is 4.79 Å². The minimum atomic E-state index is 0.113. The molecule has 1 aliphatic rings. The Hall–Kier alpha value is -1.35. The van der Waals surface area contributed by atoms with E-state index in [2.05, 4.69) is 30.4 Å².